The molecule has 1 amide bonds. The number of morpholine rings is 1. The van der Waals surface area contributed by atoms with Crippen LogP contribution in [0.4, 0.5) is 0 Å². The summed E-state index contributed by atoms with van der Waals surface area (Å²) in [4.78, 5) is 14.4. The molecule has 4 heteroatoms. The van der Waals surface area contributed by atoms with Crippen molar-refractivity contribution in [1.82, 2.24) is 10.2 Å². The molecule has 2 saturated heterocycles. The van der Waals surface area contributed by atoms with Crippen molar-refractivity contribution in [1.29, 1.82) is 0 Å². The summed E-state index contributed by atoms with van der Waals surface area (Å²) in [5, 5.41) is 3.33. The highest BCUT2D eigenvalue weighted by Crippen LogP contribution is 2.15. The van der Waals surface area contributed by atoms with E-state index in [9.17, 15) is 4.79 Å². The van der Waals surface area contributed by atoms with Crippen LogP contribution in [-0.4, -0.2) is 49.2 Å². The maximum Gasteiger partial charge on any atom is 0.240 e. The molecule has 16 heavy (non-hydrogen) atoms. The number of hydrogen-bond donors (Lipinski definition) is 1. The van der Waals surface area contributed by atoms with Gasteiger partial charge in [0.2, 0.25) is 5.91 Å². The van der Waals surface area contributed by atoms with Gasteiger partial charge in [0.05, 0.1) is 25.3 Å². The number of ether oxygens (including phenoxy) is 1. The van der Waals surface area contributed by atoms with Crippen LogP contribution < -0.4 is 5.32 Å². The Morgan fingerprint density at radius 2 is 2.38 bits per heavy atom. The van der Waals surface area contributed by atoms with Crippen molar-refractivity contribution in [2.24, 2.45) is 0 Å². The fraction of sp³-hybridized carbons (Fsp3) is 0.917. The summed E-state index contributed by atoms with van der Waals surface area (Å²) in [7, 11) is 0. The van der Waals surface area contributed by atoms with Crippen LogP contribution in [0.25, 0.3) is 0 Å². The molecule has 0 radical (unpaired) electrons. The molecule has 4 nitrogen and oxygen atoms in total. The van der Waals surface area contributed by atoms with Crippen LogP contribution in [0, 0.1) is 0 Å². The summed E-state index contributed by atoms with van der Waals surface area (Å²) in [5.41, 5.74) is 0. The Morgan fingerprint density at radius 3 is 3.06 bits per heavy atom. The molecule has 0 aromatic carbocycles. The first-order chi connectivity index (χ1) is 7.83. The van der Waals surface area contributed by atoms with E-state index >= 15 is 0 Å². The van der Waals surface area contributed by atoms with Crippen LogP contribution >= 0.6 is 0 Å². The number of nitrogens with one attached hydrogen (secondary N) is 1. The molecule has 1 N–H and O–H groups in total. The number of amides is 1. The first-order valence-electron chi connectivity index (χ1n) is 6.44. The van der Waals surface area contributed by atoms with Gasteiger partial charge in [0.15, 0.2) is 0 Å². The Labute approximate surface area is 97.3 Å². The van der Waals surface area contributed by atoms with Gasteiger partial charge in [-0.3, -0.25) is 4.79 Å². The monoisotopic (exact) mass is 226 g/mol. The van der Waals surface area contributed by atoms with Crippen LogP contribution in [0.1, 0.15) is 32.6 Å². The van der Waals surface area contributed by atoms with Crippen LogP contribution in [0.5, 0.6) is 0 Å². The highest BCUT2D eigenvalue weighted by Gasteiger charge is 2.31. The standard InChI is InChI=1S/C12H22N2O2/c1-2-10-9-16-8-7-14(10)12(15)11-5-3-4-6-13-11/h10-11,13H,2-9H2,1H3/t10?,11-/m1/s1. The minimum absolute atomic E-state index is 0.0564. The Bertz CT molecular complexity index is 239. The van der Waals surface area contributed by atoms with E-state index in [-0.39, 0.29) is 18.0 Å². The highest BCUT2D eigenvalue weighted by atomic mass is 16.5. The predicted octanol–water partition coefficient (Wildman–Crippen LogP) is 0.766. The summed E-state index contributed by atoms with van der Waals surface area (Å²) < 4.78 is 5.43. The van der Waals surface area contributed by atoms with Crippen molar-refractivity contribution in [3.63, 3.8) is 0 Å². The Hall–Kier alpha value is -0.610. The first-order valence-corrected chi connectivity index (χ1v) is 6.44. The summed E-state index contributed by atoms with van der Waals surface area (Å²) in [6.45, 7) is 5.25. The smallest absolute Gasteiger partial charge is 0.240 e. The third-order valence-electron chi connectivity index (χ3n) is 3.59. The van der Waals surface area contributed by atoms with Crippen LogP contribution in [0.2, 0.25) is 0 Å². The first kappa shape index (κ1) is 11.9. The molecular formula is C12H22N2O2. The van der Waals surface area contributed by atoms with E-state index in [1.165, 1.54) is 12.8 Å². The summed E-state index contributed by atoms with van der Waals surface area (Å²) in [5.74, 6) is 0.287. The summed E-state index contributed by atoms with van der Waals surface area (Å²) >= 11 is 0. The van der Waals surface area contributed by atoms with Gasteiger partial charge >= 0.3 is 0 Å². The van der Waals surface area contributed by atoms with Crippen molar-refractivity contribution in [2.75, 3.05) is 26.3 Å². The van der Waals surface area contributed by atoms with Gasteiger partial charge in [-0.05, 0) is 25.8 Å². The van der Waals surface area contributed by atoms with Gasteiger partial charge in [0, 0.05) is 6.54 Å². The third kappa shape index (κ3) is 2.55. The summed E-state index contributed by atoms with van der Waals surface area (Å²) in [6.07, 6.45) is 4.35. The molecule has 92 valence electrons. The molecule has 0 aliphatic carbocycles. The van der Waals surface area contributed by atoms with Gasteiger partial charge in [-0.25, -0.2) is 0 Å². The number of piperidine rings is 1. The second-order valence-electron chi connectivity index (χ2n) is 4.67. The van der Waals surface area contributed by atoms with Gasteiger partial charge in [-0.1, -0.05) is 13.3 Å². The van der Waals surface area contributed by atoms with Gasteiger partial charge < -0.3 is 15.0 Å². The number of carbonyl (C=O) groups is 1. The molecule has 2 rings (SSSR count). The SMILES string of the molecule is CCC1COCCN1C(=O)[C@H]1CCCCN1. The van der Waals surface area contributed by atoms with Crippen LogP contribution in [0.3, 0.4) is 0 Å². The molecule has 2 aliphatic heterocycles. The predicted molar refractivity (Wildman–Crippen MR) is 62.3 cm³/mol. The average Bonchev–Trinajstić information content (AvgIpc) is 2.39. The minimum atomic E-state index is 0.0564. The van der Waals surface area contributed by atoms with Gasteiger partial charge in [0.25, 0.3) is 0 Å². The quantitative estimate of drug-likeness (QED) is 0.756. The molecule has 2 heterocycles. The fourth-order valence-electron chi connectivity index (χ4n) is 2.55. The Kier molecular flexibility index (Phi) is 4.18. The van der Waals surface area contributed by atoms with Crippen LogP contribution in [0.15, 0.2) is 0 Å². The zero-order valence-corrected chi connectivity index (χ0v) is 10.1. The lowest BCUT2D eigenvalue weighted by molar-refractivity contribution is -0.142. The molecule has 0 aromatic heterocycles. The molecule has 0 aromatic rings. The maximum absolute atomic E-state index is 12.3. The number of carbonyl (C=O) groups excluding carboxylic acids is 1. The normalized spacial score (nSPS) is 31.4. The lowest BCUT2D eigenvalue weighted by Gasteiger charge is -2.38. The zero-order valence-electron chi connectivity index (χ0n) is 10.1. The minimum Gasteiger partial charge on any atom is -0.377 e. The molecule has 0 saturated carbocycles. The largest absolute Gasteiger partial charge is 0.377 e. The molecule has 2 atom stereocenters. The Balaban J connectivity index is 1.95. The molecule has 0 bridgehead atoms. The molecular weight excluding hydrogens is 204 g/mol. The van der Waals surface area contributed by atoms with E-state index in [1.54, 1.807) is 0 Å². The molecule has 2 aliphatic rings. The van der Waals surface area contributed by atoms with Crippen molar-refractivity contribution in [3.8, 4) is 0 Å². The van der Waals surface area contributed by atoms with Gasteiger partial charge in [0.1, 0.15) is 0 Å². The number of rotatable bonds is 2. The van der Waals surface area contributed by atoms with E-state index in [4.69, 9.17) is 4.74 Å². The Morgan fingerprint density at radius 1 is 1.50 bits per heavy atom. The van der Waals surface area contributed by atoms with E-state index < -0.39 is 0 Å². The summed E-state index contributed by atoms with van der Waals surface area (Å²) in [6, 6.07) is 0.339. The van der Waals surface area contributed by atoms with Gasteiger partial charge in [-0.15, -0.1) is 0 Å². The van der Waals surface area contributed by atoms with Crippen molar-refractivity contribution < 1.29 is 9.53 Å². The van der Waals surface area contributed by atoms with Gasteiger partial charge in [-0.2, -0.15) is 0 Å². The fourth-order valence-corrected chi connectivity index (χ4v) is 2.55. The van der Waals surface area contributed by atoms with E-state index in [0.29, 0.717) is 13.2 Å². The molecule has 0 spiro atoms. The molecule has 2 fully saturated rings. The second-order valence-corrected chi connectivity index (χ2v) is 4.67. The average molecular weight is 226 g/mol. The number of hydrogen-bond acceptors (Lipinski definition) is 3. The van der Waals surface area contributed by atoms with E-state index in [2.05, 4.69) is 12.2 Å². The lowest BCUT2D eigenvalue weighted by atomic mass is 10.0. The van der Waals surface area contributed by atoms with Crippen molar-refractivity contribution >= 4 is 5.91 Å². The zero-order chi connectivity index (χ0) is 11.4. The third-order valence-corrected chi connectivity index (χ3v) is 3.59. The number of nitrogens with zero attached hydrogens (tertiary/aromatic N) is 1. The maximum atomic E-state index is 12.3. The second kappa shape index (κ2) is 5.64. The van der Waals surface area contributed by atoms with Crippen molar-refractivity contribution in [3.05, 3.63) is 0 Å². The topological polar surface area (TPSA) is 41.6 Å². The van der Waals surface area contributed by atoms with E-state index in [1.807, 2.05) is 4.90 Å². The highest BCUT2D eigenvalue weighted by molar-refractivity contribution is 5.82. The van der Waals surface area contributed by atoms with Crippen molar-refractivity contribution in [2.45, 2.75) is 44.7 Å². The van der Waals surface area contributed by atoms with Crippen LogP contribution in [-0.2, 0) is 9.53 Å². The van der Waals surface area contributed by atoms with E-state index in [0.717, 1.165) is 25.9 Å². The molecule has 1 unspecified atom stereocenters. The lowest BCUT2D eigenvalue weighted by Crippen LogP contribution is -2.55.